The number of hydrogen-bond donors (Lipinski definition) is 1. The van der Waals surface area contributed by atoms with Gasteiger partial charge in [-0.1, -0.05) is 28.1 Å². The second-order valence-corrected chi connectivity index (χ2v) is 7.51. The van der Waals surface area contributed by atoms with Gasteiger partial charge in [-0.05, 0) is 53.8 Å². The first-order valence-electron chi connectivity index (χ1n) is 8.45. The number of anilines is 1. The molecule has 3 atom stereocenters. The number of methoxy groups -OCH3 is 1. The number of rotatable bonds is 2. The molecule has 5 heteroatoms. The highest BCUT2D eigenvalue weighted by Gasteiger charge is 2.39. The Morgan fingerprint density at radius 2 is 1.96 bits per heavy atom. The van der Waals surface area contributed by atoms with Crippen LogP contribution in [0.3, 0.4) is 0 Å². The SMILES string of the molecule is COc1ccc2c(c1)[C@@H]1C=CC[C@@H]1[C@H](c1cc3c(cc1Br)OCO3)N2. The monoisotopic (exact) mass is 399 g/mol. The summed E-state index contributed by atoms with van der Waals surface area (Å²) in [5.74, 6) is 3.40. The fourth-order valence-corrected chi connectivity index (χ4v) is 4.75. The largest absolute Gasteiger partial charge is 0.497 e. The molecule has 0 unspecified atom stereocenters. The standard InChI is InChI=1S/C20H18BrNO3/c1-23-11-5-6-17-14(7-11)12-3-2-4-13(12)20(22-17)15-8-18-19(9-16(15)21)25-10-24-18/h2-3,5-9,12-13,20,22H,4,10H2,1H3/t12-,13+,20-/m1/s1. The Morgan fingerprint density at radius 1 is 1.12 bits per heavy atom. The summed E-state index contributed by atoms with van der Waals surface area (Å²) >= 11 is 3.73. The predicted octanol–water partition coefficient (Wildman–Crippen LogP) is 5.01. The zero-order valence-electron chi connectivity index (χ0n) is 13.8. The molecule has 0 saturated carbocycles. The average Bonchev–Trinajstić information content (AvgIpc) is 3.29. The lowest BCUT2D eigenvalue weighted by atomic mass is 9.77. The van der Waals surface area contributed by atoms with Gasteiger partial charge >= 0.3 is 0 Å². The number of hydrogen-bond acceptors (Lipinski definition) is 4. The minimum Gasteiger partial charge on any atom is -0.497 e. The van der Waals surface area contributed by atoms with Crippen LogP contribution in [0.5, 0.6) is 17.2 Å². The van der Waals surface area contributed by atoms with E-state index in [1.807, 2.05) is 12.1 Å². The Balaban J connectivity index is 1.59. The molecule has 1 N–H and O–H groups in total. The van der Waals surface area contributed by atoms with Crippen molar-refractivity contribution in [3.63, 3.8) is 0 Å². The molecule has 25 heavy (non-hydrogen) atoms. The molecular weight excluding hydrogens is 382 g/mol. The lowest BCUT2D eigenvalue weighted by molar-refractivity contribution is 0.174. The first-order chi connectivity index (χ1) is 12.2. The highest BCUT2D eigenvalue weighted by molar-refractivity contribution is 9.10. The van der Waals surface area contributed by atoms with Crippen LogP contribution in [0, 0.1) is 5.92 Å². The minimum atomic E-state index is 0.213. The van der Waals surface area contributed by atoms with Crippen LogP contribution in [-0.2, 0) is 0 Å². The van der Waals surface area contributed by atoms with Crippen LogP contribution in [0.25, 0.3) is 0 Å². The van der Waals surface area contributed by atoms with Crippen LogP contribution >= 0.6 is 15.9 Å². The van der Waals surface area contributed by atoms with Crippen molar-refractivity contribution in [1.29, 1.82) is 0 Å². The van der Waals surface area contributed by atoms with Gasteiger partial charge in [0.1, 0.15) is 5.75 Å². The van der Waals surface area contributed by atoms with E-state index in [2.05, 4.69) is 51.6 Å². The van der Waals surface area contributed by atoms with Crippen molar-refractivity contribution in [3.8, 4) is 17.2 Å². The molecule has 2 aliphatic heterocycles. The van der Waals surface area contributed by atoms with Crippen LogP contribution < -0.4 is 19.5 Å². The summed E-state index contributed by atoms with van der Waals surface area (Å²) in [5, 5.41) is 3.75. The zero-order chi connectivity index (χ0) is 17.0. The minimum absolute atomic E-state index is 0.213. The maximum absolute atomic E-state index is 5.59. The molecule has 0 saturated heterocycles. The maximum atomic E-state index is 5.59. The highest BCUT2D eigenvalue weighted by Crippen LogP contribution is 2.52. The summed E-state index contributed by atoms with van der Waals surface area (Å²) in [7, 11) is 1.71. The van der Waals surface area contributed by atoms with E-state index >= 15 is 0 Å². The Bertz CT molecular complexity index is 879. The summed E-state index contributed by atoms with van der Waals surface area (Å²) in [6, 6.07) is 10.6. The molecule has 2 aromatic carbocycles. The van der Waals surface area contributed by atoms with E-state index in [9.17, 15) is 0 Å². The Morgan fingerprint density at radius 3 is 2.80 bits per heavy atom. The molecule has 2 heterocycles. The topological polar surface area (TPSA) is 39.7 Å². The molecule has 0 fully saturated rings. The predicted molar refractivity (Wildman–Crippen MR) is 99.6 cm³/mol. The van der Waals surface area contributed by atoms with Crippen molar-refractivity contribution in [3.05, 3.63) is 58.1 Å². The van der Waals surface area contributed by atoms with Crippen LogP contribution in [0.2, 0.25) is 0 Å². The average molecular weight is 400 g/mol. The smallest absolute Gasteiger partial charge is 0.231 e. The molecule has 1 aliphatic carbocycles. The molecule has 0 spiro atoms. The molecule has 3 aliphatic rings. The second kappa shape index (κ2) is 5.70. The molecule has 128 valence electrons. The van der Waals surface area contributed by atoms with Gasteiger partial charge in [0, 0.05) is 16.1 Å². The highest BCUT2D eigenvalue weighted by atomic mass is 79.9. The maximum Gasteiger partial charge on any atom is 0.231 e. The van der Waals surface area contributed by atoms with Crippen molar-refractivity contribution in [2.24, 2.45) is 5.92 Å². The van der Waals surface area contributed by atoms with Gasteiger partial charge in [0.25, 0.3) is 0 Å². The fourth-order valence-electron chi connectivity index (χ4n) is 4.18. The third-order valence-electron chi connectivity index (χ3n) is 5.40. The molecule has 0 aromatic heterocycles. The number of nitrogens with one attached hydrogen (secondary N) is 1. The number of allylic oxidation sites excluding steroid dienone is 2. The van der Waals surface area contributed by atoms with E-state index in [1.165, 1.54) is 16.8 Å². The Kier molecular flexibility index (Phi) is 3.45. The first kappa shape index (κ1) is 15.1. The van der Waals surface area contributed by atoms with Gasteiger partial charge in [0.05, 0.1) is 13.2 Å². The third kappa shape index (κ3) is 2.33. The molecule has 5 rings (SSSR count). The van der Waals surface area contributed by atoms with Crippen molar-refractivity contribution >= 4 is 21.6 Å². The third-order valence-corrected chi connectivity index (χ3v) is 6.08. The van der Waals surface area contributed by atoms with Crippen LogP contribution in [-0.4, -0.2) is 13.9 Å². The molecule has 4 nitrogen and oxygen atoms in total. The number of halogens is 1. The summed E-state index contributed by atoms with van der Waals surface area (Å²) in [4.78, 5) is 0. The van der Waals surface area contributed by atoms with Gasteiger partial charge in [-0.3, -0.25) is 0 Å². The fraction of sp³-hybridized carbons (Fsp3) is 0.300. The van der Waals surface area contributed by atoms with E-state index in [-0.39, 0.29) is 6.04 Å². The van der Waals surface area contributed by atoms with E-state index in [4.69, 9.17) is 14.2 Å². The quantitative estimate of drug-likeness (QED) is 0.720. The van der Waals surface area contributed by atoms with E-state index in [0.717, 1.165) is 28.1 Å². The first-order valence-corrected chi connectivity index (χ1v) is 9.24. The Hall–Kier alpha value is -2.14. The zero-order valence-corrected chi connectivity index (χ0v) is 15.4. The summed E-state index contributed by atoms with van der Waals surface area (Å²) in [5.41, 5.74) is 3.69. The molecule has 2 aromatic rings. The second-order valence-electron chi connectivity index (χ2n) is 6.66. The number of benzene rings is 2. The molecule has 0 radical (unpaired) electrons. The van der Waals surface area contributed by atoms with Gasteiger partial charge in [-0.25, -0.2) is 0 Å². The van der Waals surface area contributed by atoms with Gasteiger partial charge in [-0.2, -0.15) is 0 Å². The van der Waals surface area contributed by atoms with Crippen molar-refractivity contribution in [1.82, 2.24) is 0 Å². The van der Waals surface area contributed by atoms with E-state index < -0.39 is 0 Å². The summed E-state index contributed by atoms with van der Waals surface area (Å²) in [6.07, 6.45) is 5.68. The lowest BCUT2D eigenvalue weighted by Crippen LogP contribution is -2.29. The van der Waals surface area contributed by atoms with Crippen LogP contribution in [0.15, 0.2) is 47.0 Å². The van der Waals surface area contributed by atoms with Crippen molar-refractivity contribution in [2.45, 2.75) is 18.4 Å². The van der Waals surface area contributed by atoms with Crippen LogP contribution in [0.4, 0.5) is 5.69 Å². The van der Waals surface area contributed by atoms with E-state index in [0.29, 0.717) is 18.6 Å². The van der Waals surface area contributed by atoms with Crippen LogP contribution in [0.1, 0.15) is 29.5 Å². The Labute approximate surface area is 154 Å². The van der Waals surface area contributed by atoms with Gasteiger partial charge in [-0.15, -0.1) is 0 Å². The number of ether oxygens (including phenoxy) is 3. The number of fused-ring (bicyclic) bond motifs is 4. The summed E-state index contributed by atoms with van der Waals surface area (Å²) in [6.45, 7) is 0.291. The molecule has 0 bridgehead atoms. The van der Waals surface area contributed by atoms with Crippen molar-refractivity contribution < 1.29 is 14.2 Å². The van der Waals surface area contributed by atoms with Gasteiger partial charge in [0.2, 0.25) is 6.79 Å². The van der Waals surface area contributed by atoms with Gasteiger partial charge in [0.15, 0.2) is 11.5 Å². The van der Waals surface area contributed by atoms with Crippen molar-refractivity contribution in [2.75, 3.05) is 19.2 Å². The normalized spacial score (nSPS) is 25.3. The van der Waals surface area contributed by atoms with Gasteiger partial charge < -0.3 is 19.5 Å². The van der Waals surface area contributed by atoms with E-state index in [1.54, 1.807) is 7.11 Å². The molecular formula is C20H18BrNO3. The molecule has 0 amide bonds. The summed E-state index contributed by atoms with van der Waals surface area (Å²) < 4.78 is 17.6. The lowest BCUT2D eigenvalue weighted by Gasteiger charge is -2.38.